The smallest absolute Gasteiger partial charge is 0.351 e. The number of likely N-dealkylation sites (tertiary alicyclic amines) is 1. The molecule has 2 saturated heterocycles. The number of hydrogen-bond donors (Lipinski definition) is 1. The van der Waals surface area contributed by atoms with Crippen LogP contribution in [-0.4, -0.2) is 80.6 Å². The second kappa shape index (κ2) is 10.2. The summed E-state index contributed by atoms with van der Waals surface area (Å²) in [5.41, 5.74) is 1.14. The van der Waals surface area contributed by atoms with Gasteiger partial charge in [0.25, 0.3) is 0 Å². The van der Waals surface area contributed by atoms with Gasteiger partial charge in [0, 0.05) is 38.1 Å². The van der Waals surface area contributed by atoms with Crippen molar-refractivity contribution in [2.45, 2.75) is 44.9 Å². The fraction of sp³-hybridized carbons (Fsp3) is 0.500. The van der Waals surface area contributed by atoms with Crippen molar-refractivity contribution in [2.75, 3.05) is 37.8 Å². The number of hydrogen-bond acceptors (Lipinski definition) is 8. The van der Waals surface area contributed by atoms with E-state index in [-0.39, 0.29) is 23.4 Å². The molecule has 5 rings (SSSR count). The topological polar surface area (TPSA) is 109 Å². The molecule has 0 unspecified atom stereocenters. The number of piperidine rings is 1. The summed E-state index contributed by atoms with van der Waals surface area (Å²) in [6.45, 7) is 5.39. The van der Waals surface area contributed by atoms with Gasteiger partial charge in [0.05, 0.1) is 23.3 Å². The molecule has 2 aliphatic rings. The van der Waals surface area contributed by atoms with E-state index in [0.717, 1.165) is 49.2 Å². The molecule has 1 N–H and O–H groups in total. The Morgan fingerprint density at radius 3 is 2.42 bits per heavy atom. The van der Waals surface area contributed by atoms with E-state index in [2.05, 4.69) is 30.2 Å². The zero-order valence-electron chi connectivity index (χ0n) is 21.1. The van der Waals surface area contributed by atoms with E-state index in [1.54, 1.807) is 4.57 Å². The summed E-state index contributed by atoms with van der Waals surface area (Å²) in [6, 6.07) is 3.64. The zero-order valence-corrected chi connectivity index (χ0v) is 21.9. The Morgan fingerprint density at radius 2 is 1.82 bits per heavy atom. The molecule has 0 bridgehead atoms. The number of nitrogens with one attached hydrogen (secondary N) is 1. The van der Waals surface area contributed by atoms with Crippen molar-refractivity contribution < 1.29 is 21.6 Å². The van der Waals surface area contributed by atoms with E-state index in [0.29, 0.717) is 25.9 Å². The first-order valence-electron chi connectivity index (χ1n) is 12.4. The first-order chi connectivity index (χ1) is 18.0. The van der Waals surface area contributed by atoms with E-state index >= 15 is 0 Å². The molecule has 0 amide bonds. The van der Waals surface area contributed by atoms with Crippen molar-refractivity contribution in [1.29, 1.82) is 0 Å². The van der Waals surface area contributed by atoms with E-state index in [1.807, 2.05) is 19.1 Å². The van der Waals surface area contributed by atoms with Crippen molar-refractivity contribution in [3.8, 4) is 17.1 Å². The number of anilines is 1. The van der Waals surface area contributed by atoms with E-state index in [4.69, 9.17) is 0 Å². The first-order valence-corrected chi connectivity index (χ1v) is 14.2. The number of rotatable bonds is 7. The standard InChI is InChI=1S/C24H29F3N8O2S/c1-16-21(5-4-18(30-16)13-33-8-3-9-33)34-14-20(29-15-34)22-19(24(25,26)27)12-28-23(32-22)31-17-6-10-35(11-7-17)38(2,36)37/h4-5,12,14-15,17H,3,6-11,13H2,1-2H3,(H,28,31,32). The molecular formula is C24H29F3N8O2S. The molecule has 5 heterocycles. The number of sulfonamides is 1. The van der Waals surface area contributed by atoms with E-state index in [1.165, 1.54) is 23.3 Å². The van der Waals surface area contributed by atoms with Gasteiger partial charge in [-0.2, -0.15) is 13.2 Å². The molecule has 3 aromatic rings. The van der Waals surface area contributed by atoms with Gasteiger partial charge in [-0.1, -0.05) is 0 Å². The Hall–Kier alpha value is -3.10. The predicted octanol–water partition coefficient (Wildman–Crippen LogP) is 3.09. The molecule has 2 fully saturated rings. The fourth-order valence-electron chi connectivity index (χ4n) is 4.68. The fourth-order valence-corrected chi connectivity index (χ4v) is 5.55. The van der Waals surface area contributed by atoms with Crippen LogP contribution in [0.25, 0.3) is 17.1 Å². The van der Waals surface area contributed by atoms with Crippen LogP contribution in [0.4, 0.5) is 19.1 Å². The lowest BCUT2D eigenvalue weighted by atomic mass is 10.1. The molecule has 0 aromatic carbocycles. The summed E-state index contributed by atoms with van der Waals surface area (Å²) in [7, 11) is -3.29. The Kier molecular flexibility index (Phi) is 7.13. The number of alkyl halides is 3. The minimum Gasteiger partial charge on any atom is -0.351 e. The molecule has 10 nitrogen and oxygen atoms in total. The third-order valence-electron chi connectivity index (χ3n) is 6.90. The third-order valence-corrected chi connectivity index (χ3v) is 8.21. The Bertz CT molecular complexity index is 1410. The predicted molar refractivity (Wildman–Crippen MR) is 135 cm³/mol. The van der Waals surface area contributed by atoms with Crippen molar-refractivity contribution in [3.63, 3.8) is 0 Å². The maximum Gasteiger partial charge on any atom is 0.420 e. The summed E-state index contributed by atoms with van der Waals surface area (Å²) in [5.74, 6) is 0.0357. The lowest BCUT2D eigenvalue weighted by Gasteiger charge is -2.30. The normalized spacial score (nSPS) is 17.9. The van der Waals surface area contributed by atoms with Gasteiger partial charge in [-0.3, -0.25) is 9.88 Å². The van der Waals surface area contributed by atoms with Crippen LogP contribution < -0.4 is 5.32 Å². The SMILES string of the molecule is Cc1nc(CN2CCC2)ccc1-n1cnc(-c2nc(NC3CCN(S(C)(=O)=O)CC3)ncc2C(F)(F)F)c1. The second-order valence-electron chi connectivity index (χ2n) is 9.74. The minimum absolute atomic E-state index is 0.0357. The summed E-state index contributed by atoms with van der Waals surface area (Å²) in [4.78, 5) is 19.3. The number of aryl methyl sites for hydroxylation is 1. The number of imidazole rings is 1. The van der Waals surface area contributed by atoms with Gasteiger partial charge in [-0.05, 0) is 51.4 Å². The summed E-state index contributed by atoms with van der Waals surface area (Å²) >= 11 is 0. The van der Waals surface area contributed by atoms with Crippen LogP contribution in [0.2, 0.25) is 0 Å². The maximum atomic E-state index is 13.8. The number of pyridine rings is 1. The van der Waals surface area contributed by atoms with Gasteiger partial charge in [0.2, 0.25) is 16.0 Å². The zero-order chi connectivity index (χ0) is 27.1. The average Bonchev–Trinajstić information content (AvgIpc) is 3.30. The molecule has 0 aliphatic carbocycles. The Labute approximate surface area is 219 Å². The largest absolute Gasteiger partial charge is 0.420 e. The van der Waals surface area contributed by atoms with Crippen LogP contribution in [0.1, 0.15) is 36.2 Å². The molecule has 3 aromatic heterocycles. The van der Waals surface area contributed by atoms with Crippen LogP contribution in [-0.2, 0) is 22.7 Å². The molecule has 0 atom stereocenters. The molecule has 38 heavy (non-hydrogen) atoms. The Morgan fingerprint density at radius 1 is 1.08 bits per heavy atom. The van der Waals surface area contributed by atoms with Crippen LogP contribution in [0.15, 0.2) is 30.9 Å². The van der Waals surface area contributed by atoms with Crippen molar-refractivity contribution in [3.05, 3.63) is 47.8 Å². The molecule has 0 spiro atoms. The second-order valence-corrected chi connectivity index (χ2v) is 11.7. The van der Waals surface area contributed by atoms with Gasteiger partial charge in [0.1, 0.15) is 23.3 Å². The third kappa shape index (κ3) is 5.81. The molecule has 0 saturated carbocycles. The molecule has 2 aliphatic heterocycles. The number of nitrogens with zero attached hydrogens (tertiary/aromatic N) is 7. The van der Waals surface area contributed by atoms with E-state index < -0.39 is 21.8 Å². The molecular weight excluding hydrogens is 521 g/mol. The van der Waals surface area contributed by atoms with Gasteiger partial charge in [-0.25, -0.2) is 27.7 Å². The van der Waals surface area contributed by atoms with Gasteiger partial charge >= 0.3 is 6.18 Å². The van der Waals surface area contributed by atoms with Crippen molar-refractivity contribution in [1.82, 2.24) is 33.7 Å². The van der Waals surface area contributed by atoms with Crippen molar-refractivity contribution in [2.24, 2.45) is 0 Å². The van der Waals surface area contributed by atoms with Crippen LogP contribution >= 0.6 is 0 Å². The van der Waals surface area contributed by atoms with E-state index in [9.17, 15) is 21.6 Å². The molecule has 14 heteroatoms. The van der Waals surface area contributed by atoms with Crippen LogP contribution in [0.5, 0.6) is 0 Å². The lowest BCUT2D eigenvalue weighted by molar-refractivity contribution is -0.137. The highest BCUT2D eigenvalue weighted by Crippen LogP contribution is 2.36. The summed E-state index contributed by atoms with van der Waals surface area (Å²) in [5, 5.41) is 3.06. The highest BCUT2D eigenvalue weighted by Gasteiger charge is 2.36. The quantitative estimate of drug-likeness (QED) is 0.478. The number of aromatic nitrogens is 5. The maximum absolute atomic E-state index is 13.8. The lowest BCUT2D eigenvalue weighted by Crippen LogP contribution is -2.42. The van der Waals surface area contributed by atoms with Gasteiger partial charge in [0.15, 0.2) is 0 Å². The first kappa shape index (κ1) is 26.5. The summed E-state index contributed by atoms with van der Waals surface area (Å²) < 4.78 is 68.0. The van der Waals surface area contributed by atoms with Crippen LogP contribution in [0.3, 0.4) is 0 Å². The Balaban J connectivity index is 1.38. The van der Waals surface area contributed by atoms with Gasteiger partial charge < -0.3 is 9.88 Å². The van der Waals surface area contributed by atoms with Crippen molar-refractivity contribution >= 4 is 16.0 Å². The number of halogens is 3. The average molecular weight is 551 g/mol. The molecule has 204 valence electrons. The monoisotopic (exact) mass is 550 g/mol. The van der Waals surface area contributed by atoms with Crippen LogP contribution in [0, 0.1) is 6.92 Å². The minimum atomic E-state index is -4.67. The highest BCUT2D eigenvalue weighted by atomic mass is 32.2. The molecule has 0 radical (unpaired) electrons. The highest BCUT2D eigenvalue weighted by molar-refractivity contribution is 7.88. The van der Waals surface area contributed by atoms with Gasteiger partial charge in [-0.15, -0.1) is 0 Å². The summed E-state index contributed by atoms with van der Waals surface area (Å²) in [6.07, 6.45) is 2.36.